The molecule has 0 aliphatic carbocycles. The molecule has 1 heterocycles. The second-order valence-corrected chi connectivity index (χ2v) is 4.69. The Kier molecular flexibility index (Phi) is 4.21. The number of carbonyl (C=O) groups is 2. The Morgan fingerprint density at radius 1 is 1.38 bits per heavy atom. The number of nitrogens with zero attached hydrogens (tertiary/aromatic N) is 2. The van der Waals surface area contributed by atoms with Gasteiger partial charge in [-0.15, -0.1) is 0 Å². The smallest absolute Gasteiger partial charge is 0.250 e. The maximum absolute atomic E-state index is 11.7. The highest BCUT2D eigenvalue weighted by atomic mass is 16.2. The number of nitrogens with two attached hydrogens (primary N) is 2. The Labute approximate surface area is 121 Å². The molecule has 0 aromatic heterocycles. The van der Waals surface area contributed by atoms with Crippen LogP contribution >= 0.6 is 0 Å². The predicted octanol–water partition coefficient (Wildman–Crippen LogP) is -0.204. The van der Waals surface area contributed by atoms with E-state index in [0.717, 1.165) is 0 Å². The summed E-state index contributed by atoms with van der Waals surface area (Å²) in [5, 5.41) is 12.2. The van der Waals surface area contributed by atoms with E-state index in [1.807, 2.05) is 6.07 Å². The van der Waals surface area contributed by atoms with Gasteiger partial charge in [-0.2, -0.15) is 5.26 Å². The number of rotatable bonds is 3. The van der Waals surface area contributed by atoms with Crippen molar-refractivity contribution in [3.8, 4) is 6.07 Å². The van der Waals surface area contributed by atoms with Gasteiger partial charge in [0.15, 0.2) is 0 Å². The fourth-order valence-corrected chi connectivity index (χ4v) is 2.03. The standard InChI is InChI=1S/C14H15N5O2/c15-7-9-1-3-10(4-2-9)11(16)8-19(17)12-5-6-13(20)18-14(12)21/h1-4,8,12H,5-6,16-17H2,(H,18,20,21)/b11-8-. The molecule has 7 nitrogen and oxygen atoms in total. The van der Waals surface area contributed by atoms with Crippen molar-refractivity contribution in [2.75, 3.05) is 0 Å². The predicted molar refractivity (Wildman–Crippen MR) is 75.5 cm³/mol. The Balaban J connectivity index is 2.12. The number of nitriles is 1. The minimum Gasteiger partial charge on any atom is -0.397 e. The van der Waals surface area contributed by atoms with E-state index < -0.39 is 11.9 Å². The molecule has 1 aromatic carbocycles. The molecule has 1 unspecified atom stereocenters. The molecule has 5 N–H and O–H groups in total. The maximum atomic E-state index is 11.7. The summed E-state index contributed by atoms with van der Waals surface area (Å²) in [6.07, 6.45) is 2.04. The summed E-state index contributed by atoms with van der Waals surface area (Å²) < 4.78 is 0. The lowest BCUT2D eigenvalue weighted by Gasteiger charge is -2.28. The van der Waals surface area contributed by atoms with Gasteiger partial charge in [0.25, 0.3) is 5.91 Å². The molecular formula is C14H15N5O2. The molecule has 108 valence electrons. The van der Waals surface area contributed by atoms with Gasteiger partial charge in [0.1, 0.15) is 6.04 Å². The Bertz CT molecular complexity index is 630. The van der Waals surface area contributed by atoms with Gasteiger partial charge in [-0.3, -0.25) is 14.9 Å². The van der Waals surface area contributed by atoms with Crippen LogP contribution in [0.3, 0.4) is 0 Å². The minimum atomic E-state index is -0.625. The van der Waals surface area contributed by atoms with Crippen molar-refractivity contribution in [2.24, 2.45) is 11.6 Å². The Morgan fingerprint density at radius 2 is 2.05 bits per heavy atom. The summed E-state index contributed by atoms with van der Waals surface area (Å²) in [5.74, 6) is 5.10. The van der Waals surface area contributed by atoms with Crippen LogP contribution in [-0.2, 0) is 9.59 Å². The minimum absolute atomic E-state index is 0.245. The summed E-state index contributed by atoms with van der Waals surface area (Å²) in [5.41, 5.74) is 7.51. The molecule has 0 saturated carbocycles. The third kappa shape index (κ3) is 3.38. The number of hydrogen-bond acceptors (Lipinski definition) is 6. The van der Waals surface area contributed by atoms with Crippen LogP contribution in [0.15, 0.2) is 30.5 Å². The molecule has 1 fully saturated rings. The van der Waals surface area contributed by atoms with Crippen molar-refractivity contribution in [3.05, 3.63) is 41.6 Å². The van der Waals surface area contributed by atoms with Crippen molar-refractivity contribution >= 4 is 17.5 Å². The van der Waals surface area contributed by atoms with E-state index >= 15 is 0 Å². The summed E-state index contributed by atoms with van der Waals surface area (Å²) >= 11 is 0. The van der Waals surface area contributed by atoms with Gasteiger partial charge in [0, 0.05) is 12.6 Å². The van der Waals surface area contributed by atoms with Crippen molar-refractivity contribution < 1.29 is 9.59 Å². The molecule has 0 bridgehead atoms. The molecule has 2 rings (SSSR count). The zero-order valence-electron chi connectivity index (χ0n) is 11.2. The number of benzene rings is 1. The largest absolute Gasteiger partial charge is 0.397 e. The van der Waals surface area contributed by atoms with Crippen LogP contribution in [0, 0.1) is 11.3 Å². The van der Waals surface area contributed by atoms with Gasteiger partial charge in [-0.05, 0) is 24.1 Å². The Morgan fingerprint density at radius 3 is 2.62 bits per heavy atom. The number of hydrogen-bond donors (Lipinski definition) is 3. The number of piperidine rings is 1. The third-order valence-corrected chi connectivity index (χ3v) is 3.21. The molecule has 21 heavy (non-hydrogen) atoms. The van der Waals surface area contributed by atoms with E-state index in [2.05, 4.69) is 5.32 Å². The second kappa shape index (κ2) is 6.07. The average Bonchev–Trinajstić information content (AvgIpc) is 2.47. The lowest BCUT2D eigenvalue weighted by molar-refractivity contribution is -0.136. The number of imide groups is 1. The van der Waals surface area contributed by atoms with Crippen LogP contribution in [0.5, 0.6) is 0 Å². The third-order valence-electron chi connectivity index (χ3n) is 3.21. The van der Waals surface area contributed by atoms with Crippen LogP contribution < -0.4 is 16.9 Å². The maximum Gasteiger partial charge on any atom is 0.250 e. The van der Waals surface area contributed by atoms with E-state index in [-0.39, 0.29) is 12.3 Å². The van der Waals surface area contributed by atoms with Crippen molar-refractivity contribution in [1.29, 1.82) is 5.26 Å². The molecule has 0 radical (unpaired) electrons. The number of hydrazine groups is 1. The molecule has 1 saturated heterocycles. The Hall–Kier alpha value is -2.85. The summed E-state index contributed by atoms with van der Waals surface area (Å²) in [6.45, 7) is 0. The molecule has 2 amide bonds. The number of nitrogens with one attached hydrogen (secondary N) is 1. The lowest BCUT2D eigenvalue weighted by Crippen LogP contribution is -2.53. The topological polar surface area (TPSA) is 125 Å². The van der Waals surface area contributed by atoms with Crippen LogP contribution in [-0.4, -0.2) is 22.9 Å². The normalized spacial score (nSPS) is 18.9. The second-order valence-electron chi connectivity index (χ2n) is 4.69. The van der Waals surface area contributed by atoms with Crippen LogP contribution in [0.25, 0.3) is 5.70 Å². The molecule has 7 heteroatoms. The summed E-state index contributed by atoms with van der Waals surface area (Å²) in [4.78, 5) is 22.8. The highest BCUT2D eigenvalue weighted by molar-refractivity contribution is 6.00. The van der Waals surface area contributed by atoms with Gasteiger partial charge < -0.3 is 10.7 Å². The van der Waals surface area contributed by atoms with E-state index in [9.17, 15) is 9.59 Å². The lowest BCUT2D eigenvalue weighted by atomic mass is 10.1. The molecule has 0 spiro atoms. The van der Waals surface area contributed by atoms with Gasteiger partial charge in [0.05, 0.1) is 17.3 Å². The zero-order valence-corrected chi connectivity index (χ0v) is 11.2. The van der Waals surface area contributed by atoms with Gasteiger partial charge in [0.2, 0.25) is 5.91 Å². The fraction of sp³-hybridized carbons (Fsp3) is 0.214. The molecule has 1 aliphatic heterocycles. The first-order valence-corrected chi connectivity index (χ1v) is 6.36. The monoisotopic (exact) mass is 285 g/mol. The average molecular weight is 285 g/mol. The number of amides is 2. The van der Waals surface area contributed by atoms with E-state index in [1.165, 1.54) is 11.2 Å². The summed E-state index contributed by atoms with van der Waals surface area (Å²) in [7, 11) is 0. The number of carbonyl (C=O) groups excluding carboxylic acids is 2. The van der Waals surface area contributed by atoms with Crippen LogP contribution in [0.2, 0.25) is 0 Å². The SMILES string of the molecule is N#Cc1ccc(/C(N)=C/N(N)C2CCC(=O)NC2=O)cc1. The molecule has 1 aliphatic rings. The van der Waals surface area contributed by atoms with Crippen molar-refractivity contribution in [3.63, 3.8) is 0 Å². The van der Waals surface area contributed by atoms with Crippen molar-refractivity contribution in [2.45, 2.75) is 18.9 Å². The van der Waals surface area contributed by atoms with Gasteiger partial charge >= 0.3 is 0 Å². The molecular weight excluding hydrogens is 270 g/mol. The van der Waals surface area contributed by atoms with Gasteiger partial charge in [-0.1, -0.05) is 12.1 Å². The van der Waals surface area contributed by atoms with Gasteiger partial charge in [-0.25, -0.2) is 5.84 Å². The molecule has 1 atom stereocenters. The van der Waals surface area contributed by atoms with Crippen LogP contribution in [0.1, 0.15) is 24.0 Å². The van der Waals surface area contributed by atoms with Crippen LogP contribution in [0.4, 0.5) is 0 Å². The quantitative estimate of drug-likeness (QED) is 0.401. The highest BCUT2D eigenvalue weighted by Gasteiger charge is 2.29. The van der Waals surface area contributed by atoms with E-state index in [4.69, 9.17) is 16.8 Å². The molecule has 1 aromatic rings. The first kappa shape index (κ1) is 14.6. The first-order valence-electron chi connectivity index (χ1n) is 6.36. The van der Waals surface area contributed by atoms with E-state index in [1.54, 1.807) is 24.3 Å². The fourth-order valence-electron chi connectivity index (χ4n) is 2.03. The zero-order chi connectivity index (χ0) is 15.4. The highest BCUT2D eigenvalue weighted by Crippen LogP contribution is 2.14. The van der Waals surface area contributed by atoms with E-state index in [0.29, 0.717) is 23.2 Å². The summed E-state index contributed by atoms with van der Waals surface area (Å²) in [6, 6.07) is 8.07. The first-order chi connectivity index (χ1) is 10.0. The van der Waals surface area contributed by atoms with Crippen molar-refractivity contribution in [1.82, 2.24) is 10.3 Å².